The van der Waals surface area contributed by atoms with Gasteiger partial charge in [0.05, 0.1) is 12.5 Å². The van der Waals surface area contributed by atoms with E-state index in [1.54, 1.807) is 14.2 Å². The molecule has 1 aliphatic heterocycles. The first kappa shape index (κ1) is 20.0. The lowest BCUT2D eigenvalue weighted by Crippen LogP contribution is -2.44. The number of carbonyl (C=O) groups is 1. The van der Waals surface area contributed by atoms with Crippen molar-refractivity contribution in [3.63, 3.8) is 0 Å². The Labute approximate surface area is 172 Å². The quantitative estimate of drug-likeness (QED) is 0.719. The number of likely N-dealkylation sites (tertiary alicyclic amines) is 1. The number of ether oxygens (including phenoxy) is 2. The highest BCUT2D eigenvalue weighted by atomic mass is 16.5. The lowest BCUT2D eigenvalue weighted by Gasteiger charge is -2.35. The molecule has 2 aromatic rings. The summed E-state index contributed by atoms with van der Waals surface area (Å²) in [5.41, 5.74) is 2.00. The minimum atomic E-state index is -0.300. The van der Waals surface area contributed by atoms with E-state index >= 15 is 0 Å². The standard InChI is InChI=1S/C23H31N3O3/c1-17-14-24-21(16-28-2)26(17)15-18-8-12-25(13-9-18)22(27)23(10-11-23)19-4-6-20(29-3)7-5-19/h4-7,14,18H,8-13,15-16H2,1-3H3. The summed E-state index contributed by atoms with van der Waals surface area (Å²) >= 11 is 0. The zero-order valence-corrected chi connectivity index (χ0v) is 17.7. The summed E-state index contributed by atoms with van der Waals surface area (Å²) < 4.78 is 12.8. The summed E-state index contributed by atoms with van der Waals surface area (Å²) in [6.45, 7) is 5.27. The molecule has 2 heterocycles. The molecule has 6 heteroatoms. The Morgan fingerprint density at radius 3 is 2.45 bits per heavy atom. The second-order valence-electron chi connectivity index (χ2n) is 8.41. The van der Waals surface area contributed by atoms with Crippen LogP contribution in [0.2, 0.25) is 0 Å². The van der Waals surface area contributed by atoms with Gasteiger partial charge in [-0.2, -0.15) is 0 Å². The van der Waals surface area contributed by atoms with Gasteiger partial charge in [0.1, 0.15) is 18.2 Å². The topological polar surface area (TPSA) is 56.6 Å². The van der Waals surface area contributed by atoms with Crippen LogP contribution in [-0.2, 0) is 28.1 Å². The van der Waals surface area contributed by atoms with E-state index in [0.717, 1.165) is 62.5 Å². The number of hydrogen-bond donors (Lipinski definition) is 0. The molecule has 2 aliphatic rings. The Morgan fingerprint density at radius 2 is 1.86 bits per heavy atom. The van der Waals surface area contributed by atoms with Gasteiger partial charge in [-0.05, 0) is 56.2 Å². The molecule has 0 N–H and O–H groups in total. The van der Waals surface area contributed by atoms with Crippen LogP contribution < -0.4 is 4.74 Å². The van der Waals surface area contributed by atoms with E-state index in [9.17, 15) is 4.79 Å². The van der Waals surface area contributed by atoms with Crippen molar-refractivity contribution in [3.05, 3.63) is 47.5 Å². The number of piperidine rings is 1. The molecule has 29 heavy (non-hydrogen) atoms. The molecule has 0 bridgehead atoms. The summed E-state index contributed by atoms with van der Waals surface area (Å²) in [5.74, 6) is 2.69. The van der Waals surface area contributed by atoms with Crippen LogP contribution in [0.15, 0.2) is 30.5 Å². The fourth-order valence-electron chi connectivity index (χ4n) is 4.55. The Morgan fingerprint density at radius 1 is 1.17 bits per heavy atom. The minimum Gasteiger partial charge on any atom is -0.497 e. The van der Waals surface area contributed by atoms with E-state index in [1.165, 1.54) is 5.69 Å². The van der Waals surface area contributed by atoms with Crippen LogP contribution in [0.3, 0.4) is 0 Å². The second-order valence-corrected chi connectivity index (χ2v) is 8.41. The molecule has 0 spiro atoms. The van der Waals surface area contributed by atoms with E-state index in [4.69, 9.17) is 9.47 Å². The normalized spacial score (nSPS) is 18.7. The number of nitrogens with zero attached hydrogens (tertiary/aromatic N) is 3. The maximum atomic E-state index is 13.3. The first-order valence-corrected chi connectivity index (χ1v) is 10.5. The van der Waals surface area contributed by atoms with E-state index in [-0.39, 0.29) is 5.41 Å². The Bertz CT molecular complexity index is 847. The molecule has 0 radical (unpaired) electrons. The number of hydrogen-bond acceptors (Lipinski definition) is 4. The third-order valence-corrected chi connectivity index (χ3v) is 6.56. The predicted molar refractivity (Wildman–Crippen MR) is 111 cm³/mol. The third kappa shape index (κ3) is 3.90. The number of benzene rings is 1. The minimum absolute atomic E-state index is 0.300. The average molecular weight is 398 g/mol. The van der Waals surface area contributed by atoms with Crippen LogP contribution in [0.1, 0.15) is 42.8 Å². The van der Waals surface area contributed by atoms with Gasteiger partial charge in [0.15, 0.2) is 0 Å². The van der Waals surface area contributed by atoms with Crippen molar-refractivity contribution in [1.82, 2.24) is 14.5 Å². The van der Waals surface area contributed by atoms with Gasteiger partial charge in [-0.25, -0.2) is 4.98 Å². The monoisotopic (exact) mass is 397 g/mol. The molecule has 2 fully saturated rings. The van der Waals surface area contributed by atoms with Crippen LogP contribution in [-0.4, -0.2) is 47.7 Å². The van der Waals surface area contributed by atoms with Gasteiger partial charge in [0.2, 0.25) is 5.91 Å². The highest BCUT2D eigenvalue weighted by Crippen LogP contribution is 2.50. The van der Waals surface area contributed by atoms with Gasteiger partial charge in [0.25, 0.3) is 0 Å². The summed E-state index contributed by atoms with van der Waals surface area (Å²) in [5, 5.41) is 0. The number of aromatic nitrogens is 2. The van der Waals surface area contributed by atoms with E-state index in [2.05, 4.69) is 33.5 Å². The number of carbonyl (C=O) groups excluding carboxylic acids is 1. The molecule has 6 nitrogen and oxygen atoms in total. The molecule has 0 unspecified atom stereocenters. The van der Waals surface area contributed by atoms with E-state index in [1.807, 2.05) is 18.3 Å². The van der Waals surface area contributed by atoms with Gasteiger partial charge in [-0.1, -0.05) is 12.1 Å². The van der Waals surface area contributed by atoms with E-state index in [0.29, 0.717) is 18.4 Å². The predicted octanol–water partition coefficient (Wildman–Crippen LogP) is 3.32. The number of amides is 1. The first-order valence-electron chi connectivity index (χ1n) is 10.5. The van der Waals surface area contributed by atoms with Crippen molar-refractivity contribution < 1.29 is 14.3 Å². The summed E-state index contributed by atoms with van der Waals surface area (Å²) in [6, 6.07) is 8.02. The van der Waals surface area contributed by atoms with Crippen molar-refractivity contribution in [2.75, 3.05) is 27.3 Å². The molecule has 1 aromatic carbocycles. The van der Waals surface area contributed by atoms with Crippen molar-refractivity contribution in [2.45, 2.75) is 51.2 Å². The fraction of sp³-hybridized carbons (Fsp3) is 0.565. The molecule has 1 aromatic heterocycles. The van der Waals surface area contributed by atoms with Gasteiger partial charge in [-0.3, -0.25) is 4.79 Å². The molecule has 1 amide bonds. The lowest BCUT2D eigenvalue weighted by atomic mass is 9.91. The average Bonchev–Trinajstić information content (AvgIpc) is 3.50. The lowest BCUT2D eigenvalue weighted by molar-refractivity contribution is -0.135. The zero-order chi connectivity index (χ0) is 20.4. The van der Waals surface area contributed by atoms with Gasteiger partial charge < -0.3 is 18.9 Å². The Hall–Kier alpha value is -2.34. The molecule has 0 atom stereocenters. The van der Waals surface area contributed by atoms with Crippen molar-refractivity contribution in [2.24, 2.45) is 5.92 Å². The number of rotatable bonds is 7. The molecule has 1 saturated carbocycles. The molecule has 4 rings (SSSR count). The highest BCUT2D eigenvalue weighted by molar-refractivity contribution is 5.91. The van der Waals surface area contributed by atoms with Crippen LogP contribution in [0, 0.1) is 12.8 Å². The van der Waals surface area contributed by atoms with Crippen LogP contribution >= 0.6 is 0 Å². The van der Waals surface area contributed by atoms with Crippen molar-refractivity contribution >= 4 is 5.91 Å². The molecular formula is C23H31N3O3. The molecular weight excluding hydrogens is 366 g/mol. The third-order valence-electron chi connectivity index (χ3n) is 6.56. The smallest absolute Gasteiger partial charge is 0.233 e. The maximum Gasteiger partial charge on any atom is 0.233 e. The van der Waals surface area contributed by atoms with Crippen molar-refractivity contribution in [3.8, 4) is 5.75 Å². The second kappa shape index (κ2) is 8.19. The van der Waals surface area contributed by atoms with Crippen molar-refractivity contribution in [1.29, 1.82) is 0 Å². The summed E-state index contributed by atoms with van der Waals surface area (Å²) in [4.78, 5) is 19.9. The van der Waals surface area contributed by atoms with Crippen LogP contribution in [0.25, 0.3) is 0 Å². The van der Waals surface area contributed by atoms with E-state index < -0.39 is 0 Å². The number of aryl methyl sites for hydroxylation is 1. The highest BCUT2D eigenvalue weighted by Gasteiger charge is 2.53. The SMILES string of the molecule is COCc1ncc(C)n1CC1CCN(C(=O)C2(c3ccc(OC)cc3)CC2)CC1. The molecule has 1 saturated heterocycles. The Kier molecular flexibility index (Phi) is 5.63. The van der Waals surface area contributed by atoms with Crippen LogP contribution in [0.4, 0.5) is 0 Å². The van der Waals surface area contributed by atoms with Gasteiger partial charge >= 0.3 is 0 Å². The maximum absolute atomic E-state index is 13.3. The molecule has 1 aliphatic carbocycles. The fourth-order valence-corrected chi connectivity index (χ4v) is 4.55. The molecule has 156 valence electrons. The zero-order valence-electron chi connectivity index (χ0n) is 17.7. The summed E-state index contributed by atoms with van der Waals surface area (Å²) in [6.07, 6.45) is 5.89. The van der Waals surface area contributed by atoms with Gasteiger partial charge in [-0.15, -0.1) is 0 Å². The van der Waals surface area contributed by atoms with Crippen LogP contribution in [0.5, 0.6) is 5.75 Å². The largest absolute Gasteiger partial charge is 0.497 e. The summed E-state index contributed by atoms with van der Waals surface area (Å²) in [7, 11) is 3.37. The number of methoxy groups -OCH3 is 2. The first-order chi connectivity index (χ1) is 14.1. The number of imidazole rings is 1. The van der Waals surface area contributed by atoms with Gasteiger partial charge in [0, 0.05) is 38.6 Å². The Balaban J connectivity index is 1.37.